The van der Waals surface area contributed by atoms with Crippen molar-refractivity contribution in [3.05, 3.63) is 35.4 Å². The van der Waals surface area contributed by atoms with Crippen LogP contribution in [0.5, 0.6) is 0 Å². The van der Waals surface area contributed by atoms with Crippen LogP contribution in [0, 0.1) is 0 Å². The molecule has 0 aromatic heterocycles. The maximum absolute atomic E-state index is 5.40. The summed E-state index contributed by atoms with van der Waals surface area (Å²) in [6.07, 6.45) is 2.14. The molecule has 0 atom stereocenters. The fraction of sp³-hybridized carbons (Fsp3) is 0.636. The van der Waals surface area contributed by atoms with E-state index in [9.17, 15) is 0 Å². The number of rotatable bonds is 12. The van der Waals surface area contributed by atoms with Gasteiger partial charge >= 0.3 is 0 Å². The lowest BCUT2D eigenvalue weighted by Crippen LogP contribution is -2.29. The molecule has 0 aliphatic rings. The molecule has 7 heteroatoms. The summed E-state index contributed by atoms with van der Waals surface area (Å²) < 4.78 is 29.7. The molecule has 7 nitrogen and oxygen atoms in total. The molecule has 1 rings (SSSR count). The maximum Gasteiger partial charge on any atom is 0.148 e. The zero-order valence-electron chi connectivity index (χ0n) is 19.5. The molecule has 0 aliphatic heterocycles. The van der Waals surface area contributed by atoms with Crippen molar-refractivity contribution in [2.24, 2.45) is 0 Å². The van der Waals surface area contributed by atoms with Crippen molar-refractivity contribution in [1.82, 2.24) is 0 Å². The van der Waals surface area contributed by atoms with Crippen LogP contribution >= 0.6 is 0 Å². The summed E-state index contributed by atoms with van der Waals surface area (Å²) in [4.78, 5) is 1.96. The van der Waals surface area contributed by atoms with Gasteiger partial charge in [0, 0.05) is 47.3 Å². The second-order valence-electron chi connectivity index (χ2n) is 5.99. The van der Waals surface area contributed by atoms with Crippen LogP contribution in [0.4, 0.5) is 5.69 Å². The van der Waals surface area contributed by atoms with Gasteiger partial charge in [0.05, 0.1) is 0 Å². The number of hydrogen-bond donors (Lipinski definition) is 0. The summed E-state index contributed by atoms with van der Waals surface area (Å²) >= 11 is 0. The van der Waals surface area contributed by atoms with Crippen molar-refractivity contribution < 1.29 is 28.4 Å². The number of allylic oxidation sites excluding steroid dienone is 1. The quantitative estimate of drug-likeness (QED) is 0.371. The molecule has 0 N–H and O–H groups in total. The van der Waals surface area contributed by atoms with Crippen molar-refractivity contribution in [3.63, 3.8) is 0 Å². The lowest BCUT2D eigenvalue weighted by atomic mass is 10.1. The number of ether oxygens (including phenoxy) is 6. The van der Waals surface area contributed by atoms with Gasteiger partial charge in [-0.3, -0.25) is 0 Å². The fourth-order valence-electron chi connectivity index (χ4n) is 1.76. The highest BCUT2D eigenvalue weighted by Gasteiger charge is 2.06. The SMILES string of the molecule is CCOC.CCOC.COCOCN(COCOC)c1ccc(C=C(C)C)cc1. The Kier molecular flexibility index (Phi) is 23.4. The van der Waals surface area contributed by atoms with Gasteiger partial charge in [-0.1, -0.05) is 23.8 Å². The van der Waals surface area contributed by atoms with Crippen LogP contribution in [0.25, 0.3) is 6.08 Å². The summed E-state index contributed by atoms with van der Waals surface area (Å²) in [7, 11) is 6.56. The summed E-state index contributed by atoms with van der Waals surface area (Å²) in [5.41, 5.74) is 3.47. The summed E-state index contributed by atoms with van der Waals surface area (Å²) in [5, 5.41) is 0. The molecular weight excluding hydrogens is 374 g/mol. The Morgan fingerprint density at radius 3 is 1.48 bits per heavy atom. The van der Waals surface area contributed by atoms with Gasteiger partial charge in [0.1, 0.15) is 27.0 Å². The maximum atomic E-state index is 5.40. The minimum absolute atomic E-state index is 0.247. The predicted octanol–water partition coefficient (Wildman–Crippen LogP) is 4.38. The van der Waals surface area contributed by atoms with E-state index < -0.39 is 0 Å². The van der Waals surface area contributed by atoms with Gasteiger partial charge in [-0.2, -0.15) is 0 Å². The lowest BCUT2D eigenvalue weighted by Gasteiger charge is -2.24. The molecule has 0 fully saturated rings. The van der Waals surface area contributed by atoms with Crippen LogP contribution in [0.3, 0.4) is 0 Å². The Balaban J connectivity index is 0. The average Bonchev–Trinajstić information content (AvgIpc) is 2.73. The molecule has 0 aliphatic carbocycles. The molecule has 0 spiro atoms. The van der Waals surface area contributed by atoms with Gasteiger partial charge in [-0.05, 0) is 45.4 Å². The Hall–Kier alpha value is -1.48. The number of nitrogens with zero attached hydrogens (tertiary/aromatic N) is 1. The highest BCUT2D eigenvalue weighted by molar-refractivity contribution is 5.57. The summed E-state index contributed by atoms with van der Waals surface area (Å²) in [6.45, 7) is 11.0. The predicted molar refractivity (Wildman–Crippen MR) is 119 cm³/mol. The van der Waals surface area contributed by atoms with Gasteiger partial charge < -0.3 is 33.3 Å². The monoisotopic (exact) mass is 415 g/mol. The molecule has 0 amide bonds. The molecule has 170 valence electrons. The van der Waals surface area contributed by atoms with Crippen LogP contribution < -0.4 is 4.90 Å². The first-order valence-electron chi connectivity index (χ1n) is 9.61. The molecule has 0 bridgehead atoms. The standard InChI is InChI=1S/C16H25NO4.2C3H8O/c1-14(2)9-15-5-7-16(8-6-15)17(10-20-12-18-3)11-21-13-19-4;2*1-3-4-2/h5-9H,10-13H2,1-4H3;2*3H2,1-2H3. The van der Waals surface area contributed by atoms with Crippen LogP contribution in [0.1, 0.15) is 33.3 Å². The number of methoxy groups -OCH3 is 4. The van der Waals surface area contributed by atoms with Crippen LogP contribution in [-0.2, 0) is 28.4 Å². The van der Waals surface area contributed by atoms with E-state index in [-0.39, 0.29) is 13.6 Å². The zero-order chi connectivity index (χ0) is 22.3. The topological polar surface area (TPSA) is 58.6 Å². The van der Waals surface area contributed by atoms with E-state index in [0.29, 0.717) is 13.5 Å². The van der Waals surface area contributed by atoms with Gasteiger partial charge in [0.2, 0.25) is 0 Å². The van der Waals surface area contributed by atoms with E-state index in [0.717, 1.165) is 18.9 Å². The molecular formula is C22H41NO6. The van der Waals surface area contributed by atoms with Gasteiger partial charge in [-0.15, -0.1) is 0 Å². The van der Waals surface area contributed by atoms with E-state index in [4.69, 9.17) is 18.9 Å². The number of benzene rings is 1. The van der Waals surface area contributed by atoms with Crippen LogP contribution in [0.2, 0.25) is 0 Å². The lowest BCUT2D eigenvalue weighted by molar-refractivity contribution is -0.0552. The molecule has 0 unspecified atom stereocenters. The number of hydrogen-bond acceptors (Lipinski definition) is 7. The Labute approximate surface area is 177 Å². The first-order chi connectivity index (χ1) is 14.0. The Morgan fingerprint density at radius 2 is 1.17 bits per heavy atom. The van der Waals surface area contributed by atoms with Crippen molar-refractivity contribution >= 4 is 11.8 Å². The zero-order valence-corrected chi connectivity index (χ0v) is 19.5. The normalized spacial score (nSPS) is 9.66. The first kappa shape index (κ1) is 29.7. The minimum Gasteiger partial charge on any atom is -0.385 e. The van der Waals surface area contributed by atoms with E-state index in [1.807, 2.05) is 30.9 Å². The van der Waals surface area contributed by atoms with Gasteiger partial charge in [-0.25, -0.2) is 0 Å². The number of anilines is 1. The van der Waals surface area contributed by atoms with E-state index in [1.165, 1.54) is 11.1 Å². The third-order valence-corrected chi connectivity index (χ3v) is 3.19. The Bertz CT molecular complexity index is 457. The summed E-state index contributed by atoms with van der Waals surface area (Å²) in [6, 6.07) is 8.23. The first-order valence-corrected chi connectivity index (χ1v) is 9.61. The molecule has 0 radical (unpaired) electrons. The highest BCUT2D eigenvalue weighted by atomic mass is 16.7. The van der Waals surface area contributed by atoms with Crippen molar-refractivity contribution in [3.8, 4) is 0 Å². The Morgan fingerprint density at radius 1 is 0.759 bits per heavy atom. The highest BCUT2D eigenvalue weighted by Crippen LogP contribution is 2.17. The van der Waals surface area contributed by atoms with Crippen molar-refractivity contribution in [2.45, 2.75) is 27.7 Å². The third kappa shape index (κ3) is 19.6. The van der Waals surface area contributed by atoms with Gasteiger partial charge in [0.25, 0.3) is 0 Å². The third-order valence-electron chi connectivity index (χ3n) is 3.19. The van der Waals surface area contributed by atoms with Crippen LogP contribution in [0.15, 0.2) is 29.8 Å². The van der Waals surface area contributed by atoms with E-state index in [2.05, 4.69) is 41.5 Å². The molecule has 1 aromatic carbocycles. The van der Waals surface area contributed by atoms with Crippen molar-refractivity contribution in [2.75, 3.05) is 73.6 Å². The van der Waals surface area contributed by atoms with Gasteiger partial charge in [0.15, 0.2) is 0 Å². The molecule has 0 saturated heterocycles. The minimum atomic E-state index is 0.247. The van der Waals surface area contributed by atoms with E-state index in [1.54, 1.807) is 28.4 Å². The molecule has 0 heterocycles. The summed E-state index contributed by atoms with van der Waals surface area (Å²) in [5.74, 6) is 0. The smallest absolute Gasteiger partial charge is 0.148 e. The van der Waals surface area contributed by atoms with Crippen LogP contribution in [-0.4, -0.2) is 68.7 Å². The largest absolute Gasteiger partial charge is 0.385 e. The van der Waals surface area contributed by atoms with E-state index >= 15 is 0 Å². The van der Waals surface area contributed by atoms with Crippen molar-refractivity contribution in [1.29, 1.82) is 0 Å². The molecule has 29 heavy (non-hydrogen) atoms. The molecule has 0 saturated carbocycles. The fourth-order valence-corrected chi connectivity index (χ4v) is 1.76. The molecule has 1 aromatic rings. The second-order valence-corrected chi connectivity index (χ2v) is 5.99. The second kappa shape index (κ2) is 22.8. The average molecular weight is 416 g/mol.